The van der Waals surface area contributed by atoms with Gasteiger partial charge in [-0.05, 0) is 196 Å². The molecule has 0 spiro atoms. The normalized spacial score (nSPS) is 11.3. The monoisotopic (exact) mass is 1920 g/mol. The van der Waals surface area contributed by atoms with Gasteiger partial charge >= 0.3 is 0 Å². The van der Waals surface area contributed by atoms with Gasteiger partial charge in [-0.15, -0.1) is 0 Å². The highest BCUT2D eigenvalue weighted by molar-refractivity contribution is 7.57. The molecule has 0 aliphatic carbocycles. The SMILES string of the molecule is COCOc1c(C)cc(C(C)(C)C)cc1Pc1ccccc1C(C)=O.COCOc1c(C)cc(C)cc1Pc1ccccc1C(C)=O.COCOc1c(C)cccc1Pc1ccccc1C(C)=O.COCOc1c(Pc2ccccc2C(C)=O)cc(C)cc1C(C)(C)C.COCOc1ccc(C)cc1Pc1ccccc1C(C)=O.COCOc1ccccc1Pc1ccccc1C(C)=O. The van der Waals surface area contributed by atoms with Crippen LogP contribution in [0.15, 0.2) is 243 Å². The molecule has 0 aromatic heterocycles. The Labute approximate surface area is 804 Å². The van der Waals surface area contributed by atoms with Crippen LogP contribution >= 0.6 is 51.5 Å². The second-order valence-electron chi connectivity index (χ2n) is 33.4. The molecule has 0 N–H and O–H groups in total. The minimum atomic E-state index is -0.0472. The molecule has 12 aromatic carbocycles. The van der Waals surface area contributed by atoms with Crippen molar-refractivity contribution in [3.8, 4) is 34.5 Å². The van der Waals surface area contributed by atoms with Crippen molar-refractivity contribution >= 4 is 150 Å². The quantitative estimate of drug-likeness (QED) is 0.0203. The lowest BCUT2D eigenvalue weighted by atomic mass is 9.85. The van der Waals surface area contributed by atoms with Crippen molar-refractivity contribution in [1.29, 1.82) is 0 Å². The number of hydrogen-bond donors (Lipinski definition) is 0. The predicted molar refractivity (Wildman–Crippen MR) is 564 cm³/mol. The summed E-state index contributed by atoms with van der Waals surface area (Å²) in [6.07, 6.45) is 0. The molecular weight excluding hydrogens is 1800 g/mol. The summed E-state index contributed by atoms with van der Waals surface area (Å²) in [5.74, 6) is 5.55. The summed E-state index contributed by atoms with van der Waals surface area (Å²) in [6, 6.07) is 79.3. The van der Waals surface area contributed by atoms with Crippen molar-refractivity contribution < 1.29 is 85.6 Å². The minimum Gasteiger partial charge on any atom is -0.467 e. The summed E-state index contributed by atoms with van der Waals surface area (Å²) < 4.78 is 64.6. The Hall–Kier alpha value is -10.2. The zero-order chi connectivity index (χ0) is 98.2. The zero-order valence-electron chi connectivity index (χ0n) is 81.7. The smallest absolute Gasteiger partial charge is 0.188 e. The van der Waals surface area contributed by atoms with Crippen LogP contribution in [0.3, 0.4) is 0 Å². The summed E-state index contributed by atoms with van der Waals surface area (Å²) in [5.41, 5.74) is 13.8. The highest BCUT2D eigenvalue weighted by Gasteiger charge is 2.26. The predicted octanol–water partition coefficient (Wildman–Crippen LogP) is 19.5. The third kappa shape index (κ3) is 34.9. The molecule has 0 saturated carbocycles. The lowest BCUT2D eigenvalue weighted by molar-refractivity contribution is 0.0505. The fourth-order valence-electron chi connectivity index (χ4n) is 13.8. The maximum Gasteiger partial charge on any atom is 0.188 e. The van der Waals surface area contributed by atoms with Gasteiger partial charge in [0.25, 0.3) is 0 Å². The molecule has 6 atom stereocenters. The van der Waals surface area contributed by atoms with E-state index in [-0.39, 0.29) is 86.3 Å². The van der Waals surface area contributed by atoms with Crippen LogP contribution in [0.1, 0.15) is 190 Å². The number of benzene rings is 12. The molecule has 0 aliphatic rings. The van der Waals surface area contributed by atoms with Crippen LogP contribution in [0.5, 0.6) is 34.5 Å². The Morgan fingerprint density at radius 3 is 0.858 bits per heavy atom. The van der Waals surface area contributed by atoms with E-state index in [9.17, 15) is 28.8 Å². The zero-order valence-corrected chi connectivity index (χ0v) is 87.7. The standard InChI is InChI=1S/2C21H27O3P.C18H21O3P.2C17H19O3P.C16H17O3P/c1-14-11-16(21(3,4)5)12-19(20(14)24-13-23-6)25-18-10-8-7-9-17(18)15(2)22;1-14-11-17(21(3,4)5)20(24-13-23-6)19(12-14)25-18-10-8-7-9-16(18)15(2)22;1-12-9-13(2)18(21-11-20-4)17(10-12)22-16-8-6-5-7-15(16)14(3)19;1-12-7-6-10-16(17(12)20-11-19-3)21-15-9-5-4-8-14(15)13(2)18;1-12-8-9-15(20-11-19-3)17(10-12)21-16-7-5-4-6-14(16)13(2)18;1-12(17)13-7-3-5-9-15(13)20-16-10-6-4-8-14(16)19-11-18-2/h2*7-12,25H,13H2,1-6H3;5-10,22H,11H2,1-4H3;2*4-10,21H,11H2,1-3H3;3-10,20H,11H2,1-2H3. The Balaban J connectivity index is 0.000000220. The number of ether oxygens (including phenoxy) is 12. The molecule has 24 heteroatoms. The fraction of sp³-hybridized carbons (Fsp3) is 0.291. The molecule has 0 aliphatic heterocycles. The van der Waals surface area contributed by atoms with E-state index in [1.165, 1.54) is 22.3 Å². The van der Waals surface area contributed by atoms with Gasteiger partial charge < -0.3 is 56.8 Å². The van der Waals surface area contributed by atoms with Crippen LogP contribution in [-0.2, 0) is 39.3 Å². The molecule has 0 radical (unpaired) electrons. The van der Waals surface area contributed by atoms with Gasteiger partial charge in [-0.2, -0.15) is 0 Å². The largest absolute Gasteiger partial charge is 0.467 e. The number of para-hydroxylation sites is 2. The first-order valence-electron chi connectivity index (χ1n) is 43.6. The van der Waals surface area contributed by atoms with E-state index in [0.29, 0.717) is 51.5 Å². The second kappa shape index (κ2) is 56.4. The summed E-state index contributed by atoms with van der Waals surface area (Å²) >= 11 is 0. The Bertz CT molecular complexity index is 5800. The summed E-state index contributed by atoms with van der Waals surface area (Å²) in [6.45, 7) is 36.4. The van der Waals surface area contributed by atoms with Crippen molar-refractivity contribution in [3.05, 3.63) is 321 Å². The van der Waals surface area contributed by atoms with E-state index in [4.69, 9.17) is 56.8 Å². The van der Waals surface area contributed by atoms with E-state index in [0.717, 1.165) is 154 Å². The fourth-order valence-corrected chi connectivity index (χ4v) is 22.5. The average molecular weight is 1930 g/mol. The van der Waals surface area contributed by atoms with Crippen molar-refractivity contribution in [2.45, 2.75) is 135 Å². The summed E-state index contributed by atoms with van der Waals surface area (Å²) in [7, 11) is 11.8. The van der Waals surface area contributed by atoms with Gasteiger partial charge in [-0.3, -0.25) is 28.8 Å². The number of hydrogen-bond acceptors (Lipinski definition) is 18. The van der Waals surface area contributed by atoms with Gasteiger partial charge in [0.15, 0.2) is 75.5 Å². The van der Waals surface area contributed by atoms with Crippen LogP contribution in [-0.4, -0.2) is 118 Å². The third-order valence-electron chi connectivity index (χ3n) is 20.2. The Morgan fingerprint density at radius 1 is 0.231 bits per heavy atom. The first-order chi connectivity index (χ1) is 64.0. The van der Waals surface area contributed by atoms with Crippen LogP contribution in [0.2, 0.25) is 0 Å². The highest BCUT2D eigenvalue weighted by atomic mass is 31.1. The van der Waals surface area contributed by atoms with Crippen LogP contribution < -0.4 is 92.1 Å². The topological polar surface area (TPSA) is 213 Å². The summed E-state index contributed by atoms with van der Waals surface area (Å²) in [4.78, 5) is 70.9. The average Bonchev–Trinajstić information content (AvgIpc) is 0.805. The Kier molecular flexibility index (Phi) is 46.6. The third-order valence-corrected chi connectivity index (χ3v) is 28.4. The molecule has 0 heterocycles. The van der Waals surface area contributed by atoms with Gasteiger partial charge in [0.1, 0.15) is 34.5 Å². The van der Waals surface area contributed by atoms with E-state index < -0.39 is 0 Å². The number of rotatable bonds is 36. The number of ketones is 6. The van der Waals surface area contributed by atoms with Crippen molar-refractivity contribution in [1.82, 2.24) is 0 Å². The maximum atomic E-state index is 12.0. The number of carbonyl (C=O) groups is 6. The van der Waals surface area contributed by atoms with Crippen molar-refractivity contribution in [2.75, 3.05) is 83.4 Å². The van der Waals surface area contributed by atoms with E-state index in [1.54, 1.807) is 84.2 Å². The molecule has 12 aromatic rings. The molecule has 134 heavy (non-hydrogen) atoms. The molecule has 6 unspecified atom stereocenters. The van der Waals surface area contributed by atoms with Crippen molar-refractivity contribution in [3.63, 3.8) is 0 Å². The molecule has 0 bridgehead atoms. The maximum absolute atomic E-state index is 12.0. The van der Waals surface area contributed by atoms with Crippen LogP contribution in [0.25, 0.3) is 0 Å². The van der Waals surface area contributed by atoms with Gasteiger partial charge in [-0.1, -0.05) is 305 Å². The molecule has 18 nitrogen and oxygen atoms in total. The molecule has 0 saturated heterocycles. The summed E-state index contributed by atoms with van der Waals surface area (Å²) in [5, 5.41) is 12.8. The highest BCUT2D eigenvalue weighted by Crippen LogP contribution is 2.37. The molecule has 0 fully saturated rings. The number of carbonyl (C=O) groups excluding carboxylic acids is 6. The molecule has 0 amide bonds. The first kappa shape index (κ1) is 111. The number of aryl methyl sites for hydroxylation is 6. The van der Waals surface area contributed by atoms with Gasteiger partial charge in [0.05, 0.1) is 0 Å². The molecule has 708 valence electrons. The van der Waals surface area contributed by atoms with Gasteiger partial charge in [0, 0.05) is 113 Å². The van der Waals surface area contributed by atoms with Crippen molar-refractivity contribution in [2.24, 2.45) is 0 Å². The van der Waals surface area contributed by atoms with E-state index in [1.807, 2.05) is 221 Å². The van der Waals surface area contributed by atoms with E-state index in [2.05, 4.69) is 105 Å². The first-order valence-corrected chi connectivity index (χ1v) is 49.6. The minimum absolute atomic E-state index is 0.0455. The molecular formula is C110H130O18P6. The number of methoxy groups -OCH3 is 6. The lowest BCUT2D eigenvalue weighted by Gasteiger charge is -2.26. The lowest BCUT2D eigenvalue weighted by Crippen LogP contribution is -2.21. The van der Waals surface area contributed by atoms with Crippen LogP contribution in [0.4, 0.5) is 0 Å². The van der Waals surface area contributed by atoms with Gasteiger partial charge in [0.2, 0.25) is 0 Å². The van der Waals surface area contributed by atoms with Gasteiger partial charge in [-0.25, -0.2) is 0 Å². The molecule has 12 rings (SSSR count). The second-order valence-corrected chi connectivity index (χ2v) is 41.4. The number of Topliss-reactive ketones (excluding diaryl/α,β-unsaturated/α-hetero) is 6. The Morgan fingerprint density at radius 2 is 0.500 bits per heavy atom. The van der Waals surface area contributed by atoms with E-state index >= 15 is 0 Å². The van der Waals surface area contributed by atoms with Crippen LogP contribution in [0, 0.1) is 41.5 Å².